The fourth-order valence-electron chi connectivity index (χ4n) is 2.36. The number of hydrogen-bond acceptors (Lipinski definition) is 5. The van der Waals surface area contributed by atoms with Crippen LogP contribution in [0, 0.1) is 0 Å². The summed E-state index contributed by atoms with van der Waals surface area (Å²) in [5, 5.41) is 7.80. The van der Waals surface area contributed by atoms with Crippen LogP contribution in [0.5, 0.6) is 0 Å². The fraction of sp³-hybridized carbons (Fsp3) is 0.800. The third-order valence-corrected chi connectivity index (χ3v) is 3.81. The van der Waals surface area contributed by atoms with Crippen molar-refractivity contribution in [2.45, 2.75) is 46.1 Å². The molecule has 6 heteroatoms. The molecule has 21 heavy (non-hydrogen) atoms. The largest absolute Gasteiger partial charge is 0.375 e. The Labute approximate surface area is 127 Å². The fourth-order valence-corrected chi connectivity index (χ4v) is 2.36. The number of nitrogens with one attached hydrogen (secondary N) is 1. The smallest absolute Gasteiger partial charge is 0.162 e. The Morgan fingerprint density at radius 1 is 1.33 bits per heavy atom. The van der Waals surface area contributed by atoms with Crippen molar-refractivity contribution in [2.24, 2.45) is 0 Å². The van der Waals surface area contributed by atoms with Crippen molar-refractivity contribution >= 4 is 5.69 Å². The predicted molar refractivity (Wildman–Crippen MR) is 83.4 cm³/mol. The third kappa shape index (κ3) is 4.98. The van der Waals surface area contributed by atoms with E-state index in [9.17, 15) is 0 Å². The molecule has 1 N–H and O–H groups in total. The number of nitrogens with zero attached hydrogens (tertiary/aromatic N) is 3. The van der Waals surface area contributed by atoms with Gasteiger partial charge in [0.2, 0.25) is 0 Å². The summed E-state index contributed by atoms with van der Waals surface area (Å²) in [6.45, 7) is 13.6. The van der Waals surface area contributed by atoms with Gasteiger partial charge in [0.05, 0.1) is 37.7 Å². The first kappa shape index (κ1) is 16.3. The van der Waals surface area contributed by atoms with Crippen molar-refractivity contribution in [1.82, 2.24) is 14.7 Å². The molecule has 2 rings (SSSR count). The van der Waals surface area contributed by atoms with Gasteiger partial charge in [0.1, 0.15) is 0 Å². The molecule has 6 nitrogen and oxygen atoms in total. The van der Waals surface area contributed by atoms with Gasteiger partial charge >= 0.3 is 0 Å². The molecule has 0 amide bonds. The normalized spacial score (nSPS) is 19.1. The van der Waals surface area contributed by atoms with Crippen LogP contribution >= 0.6 is 0 Å². The van der Waals surface area contributed by atoms with Crippen LogP contribution in [-0.4, -0.2) is 59.4 Å². The summed E-state index contributed by atoms with van der Waals surface area (Å²) < 4.78 is 13.3. The summed E-state index contributed by atoms with van der Waals surface area (Å²) in [4.78, 5) is 2.39. The summed E-state index contributed by atoms with van der Waals surface area (Å²) in [6, 6.07) is 0.179. The van der Waals surface area contributed by atoms with Crippen LogP contribution in [0.4, 0.5) is 5.69 Å². The third-order valence-electron chi connectivity index (χ3n) is 3.81. The number of hydrogen-bond donors (Lipinski definition) is 1. The first-order valence-corrected chi connectivity index (χ1v) is 7.81. The predicted octanol–water partition coefficient (Wildman–Crippen LogP) is 1.79. The number of likely N-dealkylation sites (N-methyl/N-ethyl adjacent to an activating group) is 1. The van der Waals surface area contributed by atoms with Crippen LogP contribution < -0.4 is 5.32 Å². The van der Waals surface area contributed by atoms with Gasteiger partial charge in [0.15, 0.2) is 5.79 Å². The Morgan fingerprint density at radius 3 is 2.62 bits per heavy atom. The summed E-state index contributed by atoms with van der Waals surface area (Å²) in [5.74, 6) is -0.466. The van der Waals surface area contributed by atoms with Crippen LogP contribution in [0.2, 0.25) is 0 Å². The molecule has 0 atom stereocenters. The zero-order chi connectivity index (χ0) is 15.3. The minimum absolute atomic E-state index is 0.179. The maximum Gasteiger partial charge on any atom is 0.162 e. The second-order valence-corrected chi connectivity index (χ2v) is 5.88. The van der Waals surface area contributed by atoms with E-state index in [1.807, 2.05) is 30.9 Å². The molecule has 0 saturated carbocycles. The van der Waals surface area contributed by atoms with E-state index in [2.05, 4.69) is 29.2 Å². The zero-order valence-corrected chi connectivity index (χ0v) is 13.6. The Bertz CT molecular complexity index is 419. The van der Waals surface area contributed by atoms with Gasteiger partial charge < -0.3 is 19.7 Å². The second-order valence-electron chi connectivity index (χ2n) is 5.88. The highest BCUT2D eigenvalue weighted by molar-refractivity contribution is 5.39. The minimum atomic E-state index is -0.466. The monoisotopic (exact) mass is 296 g/mol. The van der Waals surface area contributed by atoms with Crippen molar-refractivity contribution in [2.75, 3.05) is 38.2 Å². The van der Waals surface area contributed by atoms with E-state index < -0.39 is 5.79 Å². The minimum Gasteiger partial charge on any atom is -0.375 e. The molecule has 0 aliphatic carbocycles. The van der Waals surface area contributed by atoms with Gasteiger partial charge in [-0.25, -0.2) is 0 Å². The molecular weight excluding hydrogens is 268 g/mol. The molecule has 1 aromatic rings. The molecule has 0 bridgehead atoms. The lowest BCUT2D eigenvalue weighted by molar-refractivity contribution is -0.247. The van der Waals surface area contributed by atoms with Crippen molar-refractivity contribution in [3.63, 3.8) is 0 Å². The number of anilines is 1. The van der Waals surface area contributed by atoms with Crippen molar-refractivity contribution in [1.29, 1.82) is 0 Å². The zero-order valence-electron chi connectivity index (χ0n) is 13.6. The number of ether oxygens (including phenoxy) is 2. The average molecular weight is 296 g/mol. The summed E-state index contributed by atoms with van der Waals surface area (Å²) >= 11 is 0. The van der Waals surface area contributed by atoms with Gasteiger partial charge in [-0.3, -0.25) is 4.68 Å². The van der Waals surface area contributed by atoms with Gasteiger partial charge in [0.25, 0.3) is 0 Å². The van der Waals surface area contributed by atoms with E-state index in [-0.39, 0.29) is 6.04 Å². The standard InChI is InChI=1S/C15H28N4O2/c1-5-18(6-2)7-8-19-10-13(9-16-19)17-14-11-20-15(3,4)21-12-14/h9-10,14,17H,5-8,11-12H2,1-4H3. The lowest BCUT2D eigenvalue weighted by Gasteiger charge is -2.35. The highest BCUT2D eigenvalue weighted by atomic mass is 16.7. The van der Waals surface area contributed by atoms with E-state index in [4.69, 9.17) is 9.47 Å². The Morgan fingerprint density at radius 2 is 2.00 bits per heavy atom. The van der Waals surface area contributed by atoms with E-state index in [0.717, 1.165) is 31.9 Å². The van der Waals surface area contributed by atoms with Crippen LogP contribution in [-0.2, 0) is 16.0 Å². The van der Waals surface area contributed by atoms with Crippen LogP contribution in [0.15, 0.2) is 12.4 Å². The number of aromatic nitrogens is 2. The molecule has 0 radical (unpaired) electrons. The van der Waals surface area contributed by atoms with Gasteiger partial charge in [-0.15, -0.1) is 0 Å². The summed E-state index contributed by atoms with van der Waals surface area (Å²) in [7, 11) is 0. The van der Waals surface area contributed by atoms with Gasteiger partial charge in [-0.05, 0) is 26.9 Å². The molecule has 0 aromatic carbocycles. The van der Waals surface area contributed by atoms with E-state index in [0.29, 0.717) is 13.2 Å². The lowest BCUT2D eigenvalue weighted by Crippen LogP contribution is -2.45. The summed E-state index contributed by atoms with van der Waals surface area (Å²) in [5.41, 5.74) is 1.02. The van der Waals surface area contributed by atoms with Crippen molar-refractivity contribution in [3.05, 3.63) is 12.4 Å². The highest BCUT2D eigenvalue weighted by Crippen LogP contribution is 2.19. The highest BCUT2D eigenvalue weighted by Gasteiger charge is 2.28. The topological polar surface area (TPSA) is 51.5 Å². The molecular formula is C15H28N4O2. The first-order chi connectivity index (χ1) is 10.0. The molecule has 1 fully saturated rings. The first-order valence-electron chi connectivity index (χ1n) is 7.81. The van der Waals surface area contributed by atoms with Gasteiger partial charge in [0, 0.05) is 12.7 Å². The van der Waals surface area contributed by atoms with Crippen molar-refractivity contribution in [3.8, 4) is 0 Å². The molecule has 0 unspecified atom stereocenters. The van der Waals surface area contributed by atoms with Gasteiger partial charge in [-0.2, -0.15) is 5.10 Å². The van der Waals surface area contributed by atoms with Crippen LogP contribution in [0.25, 0.3) is 0 Å². The maximum absolute atomic E-state index is 5.65. The van der Waals surface area contributed by atoms with E-state index in [1.54, 1.807) is 0 Å². The average Bonchev–Trinajstić information content (AvgIpc) is 2.90. The molecule has 1 aliphatic heterocycles. The maximum atomic E-state index is 5.65. The molecule has 2 heterocycles. The van der Waals surface area contributed by atoms with Crippen molar-refractivity contribution < 1.29 is 9.47 Å². The van der Waals surface area contributed by atoms with E-state index >= 15 is 0 Å². The SMILES string of the molecule is CCN(CC)CCn1cc(NC2COC(C)(C)OC2)cn1. The molecule has 1 saturated heterocycles. The number of rotatable bonds is 7. The molecule has 1 aromatic heterocycles. The van der Waals surface area contributed by atoms with Crippen LogP contribution in [0.3, 0.4) is 0 Å². The quantitative estimate of drug-likeness (QED) is 0.831. The van der Waals surface area contributed by atoms with Gasteiger partial charge in [-0.1, -0.05) is 13.8 Å². The molecule has 0 spiro atoms. The van der Waals surface area contributed by atoms with Crippen LogP contribution in [0.1, 0.15) is 27.7 Å². The lowest BCUT2D eigenvalue weighted by atomic mass is 10.2. The Balaban J connectivity index is 1.78. The molecule has 120 valence electrons. The Hall–Kier alpha value is -1.11. The second kappa shape index (κ2) is 7.24. The summed E-state index contributed by atoms with van der Waals surface area (Å²) in [6.07, 6.45) is 3.91. The molecule has 1 aliphatic rings. The Kier molecular flexibility index (Phi) is 5.61. The van der Waals surface area contributed by atoms with E-state index in [1.165, 1.54) is 0 Å².